The van der Waals surface area contributed by atoms with Gasteiger partial charge in [-0.3, -0.25) is 4.79 Å². The molecule has 0 bridgehead atoms. The number of benzene rings is 2. The van der Waals surface area contributed by atoms with E-state index < -0.39 is 17.8 Å². The highest BCUT2D eigenvalue weighted by Crippen LogP contribution is 2.20. The summed E-state index contributed by atoms with van der Waals surface area (Å²) >= 11 is 5.24. The number of ether oxygens (including phenoxy) is 1. The molecule has 0 radical (unpaired) electrons. The van der Waals surface area contributed by atoms with Crippen LogP contribution >= 0.6 is 12.2 Å². The van der Waals surface area contributed by atoms with Crippen molar-refractivity contribution in [1.29, 1.82) is 0 Å². The number of halogens is 1. The van der Waals surface area contributed by atoms with E-state index in [-0.39, 0.29) is 11.5 Å². The Kier molecular flexibility index (Phi) is 6.64. The second-order valence-corrected chi connectivity index (χ2v) is 6.38. The molecule has 0 amide bonds. The number of carboxylic acid groups (broad SMARTS) is 1. The molecule has 9 heteroatoms. The molecule has 1 heterocycles. The lowest BCUT2D eigenvalue weighted by Gasteiger charge is -2.19. The molecule has 3 N–H and O–H groups in total. The maximum Gasteiger partial charge on any atom is 0.305 e. The number of para-hydroxylation sites is 1. The number of carboxylic acids is 1. The number of thiocarbonyl (C=S) groups is 1. The largest absolute Gasteiger partial charge is 0.481 e. The third-order valence-electron chi connectivity index (χ3n) is 3.80. The van der Waals surface area contributed by atoms with Gasteiger partial charge in [-0.2, -0.15) is 0 Å². The standard InChI is InChI=1S/C20H17FN4O3S/c21-14-8-6-13(7-9-14)16(12-19(26)27)22-20(29)23-17-10-11-18(25-24-17)28-15-4-2-1-3-5-15/h1-11,16H,12H2,(H,26,27)(H2,22,23,24,29)/t16-/m1/s1. The van der Waals surface area contributed by atoms with Crippen molar-refractivity contribution in [3.8, 4) is 11.6 Å². The molecule has 29 heavy (non-hydrogen) atoms. The van der Waals surface area contributed by atoms with E-state index in [1.165, 1.54) is 24.3 Å². The number of aliphatic carboxylic acids is 1. The summed E-state index contributed by atoms with van der Waals surface area (Å²) in [6.45, 7) is 0. The Labute approximate surface area is 171 Å². The van der Waals surface area contributed by atoms with Gasteiger partial charge in [-0.1, -0.05) is 30.3 Å². The summed E-state index contributed by atoms with van der Waals surface area (Å²) in [5.74, 6) is -0.115. The van der Waals surface area contributed by atoms with Crippen molar-refractivity contribution in [1.82, 2.24) is 15.5 Å². The fourth-order valence-corrected chi connectivity index (χ4v) is 2.73. The van der Waals surface area contributed by atoms with Crippen molar-refractivity contribution >= 4 is 29.1 Å². The third-order valence-corrected chi connectivity index (χ3v) is 4.02. The predicted octanol–water partition coefficient (Wildman–Crippen LogP) is 3.91. The Morgan fingerprint density at radius 1 is 1.07 bits per heavy atom. The minimum absolute atomic E-state index is 0.159. The maximum absolute atomic E-state index is 13.1. The van der Waals surface area contributed by atoms with Crippen LogP contribution in [0.3, 0.4) is 0 Å². The van der Waals surface area contributed by atoms with Crippen LogP contribution in [0.1, 0.15) is 18.0 Å². The first-order chi connectivity index (χ1) is 14.0. The number of nitrogens with one attached hydrogen (secondary N) is 2. The summed E-state index contributed by atoms with van der Waals surface area (Å²) in [6.07, 6.45) is -0.233. The lowest BCUT2D eigenvalue weighted by molar-refractivity contribution is -0.137. The van der Waals surface area contributed by atoms with Crippen molar-refractivity contribution < 1.29 is 19.0 Å². The maximum atomic E-state index is 13.1. The van der Waals surface area contributed by atoms with Gasteiger partial charge in [0.1, 0.15) is 11.6 Å². The van der Waals surface area contributed by atoms with Crippen LogP contribution in [0.25, 0.3) is 0 Å². The molecule has 0 aliphatic heterocycles. The van der Waals surface area contributed by atoms with Crippen molar-refractivity contribution in [3.05, 3.63) is 78.1 Å². The van der Waals surface area contributed by atoms with E-state index in [0.717, 1.165) is 0 Å². The topological polar surface area (TPSA) is 96.4 Å². The van der Waals surface area contributed by atoms with E-state index >= 15 is 0 Å². The Morgan fingerprint density at radius 2 is 1.79 bits per heavy atom. The zero-order valence-corrected chi connectivity index (χ0v) is 15.9. The molecule has 1 aromatic heterocycles. The zero-order chi connectivity index (χ0) is 20.6. The number of carbonyl (C=O) groups is 1. The first kappa shape index (κ1) is 20.2. The van der Waals surface area contributed by atoms with Gasteiger partial charge in [0.2, 0.25) is 5.88 Å². The Balaban J connectivity index is 1.62. The fraction of sp³-hybridized carbons (Fsp3) is 0.100. The summed E-state index contributed by atoms with van der Waals surface area (Å²) in [7, 11) is 0. The van der Waals surface area contributed by atoms with Crippen LogP contribution in [-0.2, 0) is 4.79 Å². The van der Waals surface area contributed by atoms with Gasteiger partial charge in [0.25, 0.3) is 0 Å². The molecular weight excluding hydrogens is 395 g/mol. The van der Waals surface area contributed by atoms with E-state index in [1.807, 2.05) is 18.2 Å². The van der Waals surface area contributed by atoms with Crippen molar-refractivity contribution in [2.24, 2.45) is 0 Å². The second kappa shape index (κ2) is 9.56. The van der Waals surface area contributed by atoms with Crippen LogP contribution in [0.4, 0.5) is 10.2 Å². The second-order valence-electron chi connectivity index (χ2n) is 5.97. The average Bonchev–Trinajstić information content (AvgIpc) is 2.70. The van der Waals surface area contributed by atoms with Crippen LogP contribution in [0.2, 0.25) is 0 Å². The lowest BCUT2D eigenvalue weighted by atomic mass is 10.0. The zero-order valence-electron chi connectivity index (χ0n) is 15.1. The van der Waals surface area contributed by atoms with Gasteiger partial charge in [0.05, 0.1) is 12.5 Å². The highest BCUT2D eigenvalue weighted by Gasteiger charge is 2.17. The van der Waals surface area contributed by atoms with Crippen LogP contribution in [0.5, 0.6) is 11.6 Å². The van der Waals surface area contributed by atoms with E-state index in [4.69, 9.17) is 22.1 Å². The van der Waals surface area contributed by atoms with Gasteiger partial charge in [-0.15, -0.1) is 10.2 Å². The van der Waals surface area contributed by atoms with Crippen molar-refractivity contribution in [2.45, 2.75) is 12.5 Å². The Hall–Kier alpha value is -3.59. The van der Waals surface area contributed by atoms with Crippen LogP contribution < -0.4 is 15.4 Å². The quantitative estimate of drug-likeness (QED) is 0.503. The molecular formula is C20H17FN4O3S. The number of aromatic nitrogens is 2. The summed E-state index contributed by atoms with van der Waals surface area (Å²) in [4.78, 5) is 11.2. The number of rotatable bonds is 7. The summed E-state index contributed by atoms with van der Waals surface area (Å²) in [6, 6.07) is 17.3. The van der Waals surface area contributed by atoms with Crippen LogP contribution in [-0.4, -0.2) is 26.4 Å². The molecule has 0 saturated heterocycles. The molecule has 0 aliphatic rings. The molecule has 2 aromatic carbocycles. The van der Waals surface area contributed by atoms with Gasteiger partial charge in [-0.05, 0) is 48.1 Å². The van der Waals surface area contributed by atoms with E-state index in [2.05, 4.69) is 20.8 Å². The molecule has 0 saturated carbocycles. The SMILES string of the molecule is O=C(O)C[C@@H](NC(=S)Nc1ccc(Oc2ccccc2)nn1)c1ccc(F)cc1. The smallest absolute Gasteiger partial charge is 0.305 e. The minimum atomic E-state index is -1.02. The molecule has 0 aliphatic carbocycles. The summed E-state index contributed by atoms with van der Waals surface area (Å²) in [5, 5.41) is 23.0. The molecule has 0 unspecified atom stereocenters. The molecule has 0 spiro atoms. The van der Waals surface area contributed by atoms with Crippen molar-refractivity contribution in [3.63, 3.8) is 0 Å². The van der Waals surface area contributed by atoms with E-state index in [0.29, 0.717) is 23.0 Å². The first-order valence-electron chi connectivity index (χ1n) is 8.61. The van der Waals surface area contributed by atoms with Crippen LogP contribution in [0, 0.1) is 5.82 Å². The molecule has 148 valence electrons. The lowest BCUT2D eigenvalue weighted by Crippen LogP contribution is -2.33. The third kappa shape index (κ3) is 6.22. The highest BCUT2D eigenvalue weighted by atomic mass is 32.1. The van der Waals surface area contributed by atoms with E-state index in [1.54, 1.807) is 24.3 Å². The molecule has 3 rings (SSSR count). The molecule has 1 atom stereocenters. The molecule has 3 aromatic rings. The van der Waals surface area contributed by atoms with Gasteiger partial charge in [0.15, 0.2) is 10.9 Å². The van der Waals surface area contributed by atoms with Gasteiger partial charge < -0.3 is 20.5 Å². The summed E-state index contributed by atoms with van der Waals surface area (Å²) < 4.78 is 18.7. The number of anilines is 1. The fourth-order valence-electron chi connectivity index (χ4n) is 2.48. The van der Waals surface area contributed by atoms with Gasteiger partial charge in [-0.25, -0.2) is 4.39 Å². The average molecular weight is 412 g/mol. The molecule has 0 fully saturated rings. The Morgan fingerprint density at radius 3 is 2.41 bits per heavy atom. The number of nitrogens with zero attached hydrogens (tertiary/aromatic N) is 2. The molecule has 7 nitrogen and oxygen atoms in total. The highest BCUT2D eigenvalue weighted by molar-refractivity contribution is 7.80. The monoisotopic (exact) mass is 412 g/mol. The van der Waals surface area contributed by atoms with Crippen molar-refractivity contribution in [2.75, 3.05) is 5.32 Å². The van der Waals surface area contributed by atoms with E-state index in [9.17, 15) is 9.18 Å². The normalized spacial score (nSPS) is 11.3. The van der Waals surface area contributed by atoms with Crippen LogP contribution in [0.15, 0.2) is 66.7 Å². The predicted molar refractivity (Wildman–Crippen MR) is 109 cm³/mol. The first-order valence-corrected chi connectivity index (χ1v) is 9.02. The minimum Gasteiger partial charge on any atom is -0.481 e. The Bertz CT molecular complexity index is 969. The number of hydrogen-bond donors (Lipinski definition) is 3. The number of hydrogen-bond acceptors (Lipinski definition) is 5. The van der Waals surface area contributed by atoms with Gasteiger partial charge in [0, 0.05) is 6.07 Å². The summed E-state index contributed by atoms with van der Waals surface area (Å²) in [5.41, 5.74) is 0.593. The van der Waals surface area contributed by atoms with Gasteiger partial charge >= 0.3 is 5.97 Å².